The van der Waals surface area contributed by atoms with Crippen molar-refractivity contribution in [3.8, 4) is 0 Å². The highest BCUT2D eigenvalue weighted by molar-refractivity contribution is 7.92. The van der Waals surface area contributed by atoms with Crippen LogP contribution in [0.25, 0.3) is 0 Å². The van der Waals surface area contributed by atoms with Gasteiger partial charge >= 0.3 is 0 Å². The summed E-state index contributed by atoms with van der Waals surface area (Å²) in [4.78, 5) is 24.1. The Morgan fingerprint density at radius 1 is 1.12 bits per heavy atom. The summed E-state index contributed by atoms with van der Waals surface area (Å²) in [7, 11) is -3.83. The van der Waals surface area contributed by atoms with Crippen molar-refractivity contribution in [2.24, 2.45) is 4.99 Å². The number of carbonyl (C=O) groups excluding carboxylic acids is 1. The zero-order valence-corrected chi connectivity index (χ0v) is 15.1. The third-order valence-corrected chi connectivity index (χ3v) is 4.86. The molecule has 1 aliphatic heterocycles. The van der Waals surface area contributed by atoms with Crippen LogP contribution >= 0.6 is 0 Å². The van der Waals surface area contributed by atoms with Gasteiger partial charge in [0.25, 0.3) is 15.9 Å². The summed E-state index contributed by atoms with van der Waals surface area (Å²) < 4.78 is 27.3. The van der Waals surface area contributed by atoms with Gasteiger partial charge in [-0.2, -0.15) is 0 Å². The summed E-state index contributed by atoms with van der Waals surface area (Å²) in [5.41, 5.74) is 1.79. The smallest absolute Gasteiger partial charge is 0.290 e. The van der Waals surface area contributed by atoms with Gasteiger partial charge in [-0.25, -0.2) is 23.1 Å². The van der Waals surface area contributed by atoms with E-state index in [9.17, 15) is 13.2 Å². The molecular weight excluding hydrogens is 356 g/mol. The number of sulfonamides is 1. The second-order valence-corrected chi connectivity index (χ2v) is 7.40. The molecule has 0 aliphatic carbocycles. The van der Waals surface area contributed by atoms with Gasteiger partial charge in [0, 0.05) is 23.6 Å². The maximum absolute atomic E-state index is 12.5. The number of rotatable bonds is 5. The summed E-state index contributed by atoms with van der Waals surface area (Å²) in [6.07, 6.45) is 0. The van der Waals surface area contributed by atoms with E-state index in [4.69, 9.17) is 0 Å². The molecule has 9 nitrogen and oxygen atoms in total. The lowest BCUT2D eigenvalue weighted by Crippen LogP contribution is -2.32. The van der Waals surface area contributed by atoms with E-state index in [2.05, 4.69) is 30.3 Å². The minimum absolute atomic E-state index is 0.0187. The van der Waals surface area contributed by atoms with Crippen LogP contribution in [0.5, 0.6) is 0 Å². The van der Waals surface area contributed by atoms with Crippen LogP contribution in [0.3, 0.4) is 0 Å². The minimum Gasteiger partial charge on any atom is -0.364 e. The number of aryl methyl sites for hydroxylation is 2. The molecule has 0 bridgehead atoms. The van der Waals surface area contributed by atoms with Crippen LogP contribution in [-0.2, 0) is 14.8 Å². The fraction of sp³-hybridized carbons (Fsp3) is 0.250. The lowest BCUT2D eigenvalue weighted by molar-refractivity contribution is -0.110. The molecule has 0 fully saturated rings. The Morgan fingerprint density at radius 3 is 2.35 bits per heavy atom. The summed E-state index contributed by atoms with van der Waals surface area (Å²) in [6.45, 7) is 4.71. The Hall–Kier alpha value is -3.01. The zero-order valence-electron chi connectivity index (χ0n) is 14.3. The minimum atomic E-state index is -3.83. The summed E-state index contributed by atoms with van der Waals surface area (Å²) in [5.74, 6) is -0.0691. The number of aliphatic imine (C=N–C) groups is 1. The van der Waals surface area contributed by atoms with E-state index in [-0.39, 0.29) is 22.6 Å². The molecule has 1 aliphatic rings. The van der Waals surface area contributed by atoms with Crippen molar-refractivity contribution in [3.05, 3.63) is 41.7 Å². The van der Waals surface area contributed by atoms with E-state index >= 15 is 0 Å². The first kappa shape index (κ1) is 17.8. The van der Waals surface area contributed by atoms with Crippen LogP contribution in [0.1, 0.15) is 11.4 Å². The van der Waals surface area contributed by atoms with Gasteiger partial charge in [0.2, 0.25) is 5.95 Å². The third kappa shape index (κ3) is 4.14. The molecular formula is C16H18N6O3S. The average molecular weight is 374 g/mol. The molecule has 1 aromatic carbocycles. The number of carbonyl (C=O) groups is 1. The Kier molecular flexibility index (Phi) is 4.85. The molecule has 1 amide bonds. The van der Waals surface area contributed by atoms with Crippen LogP contribution in [0.4, 0.5) is 11.6 Å². The predicted octanol–water partition coefficient (Wildman–Crippen LogP) is 0.834. The Balaban J connectivity index is 1.73. The molecule has 0 spiro atoms. The molecule has 0 atom stereocenters. The second kappa shape index (κ2) is 7.08. The molecule has 3 rings (SSSR count). The van der Waals surface area contributed by atoms with Gasteiger partial charge in [0.15, 0.2) is 5.84 Å². The second-order valence-electron chi connectivity index (χ2n) is 5.72. The number of aromatic nitrogens is 2. The molecule has 2 heterocycles. The highest BCUT2D eigenvalue weighted by Crippen LogP contribution is 2.17. The van der Waals surface area contributed by atoms with Crippen molar-refractivity contribution < 1.29 is 13.2 Å². The van der Waals surface area contributed by atoms with Gasteiger partial charge in [-0.15, -0.1) is 0 Å². The van der Waals surface area contributed by atoms with Crippen molar-refractivity contribution in [2.45, 2.75) is 18.7 Å². The third-order valence-electron chi connectivity index (χ3n) is 3.52. The molecule has 0 radical (unpaired) electrons. The molecule has 26 heavy (non-hydrogen) atoms. The quantitative estimate of drug-likeness (QED) is 0.712. The first-order valence-electron chi connectivity index (χ1n) is 7.88. The Bertz CT molecular complexity index is 950. The SMILES string of the molecule is Cc1cc(C)nc(NS(=O)(=O)c2ccc(NC(=O)C3=NCCN3)cc2)n1. The van der Waals surface area contributed by atoms with Crippen LogP contribution in [0, 0.1) is 13.8 Å². The number of amides is 1. The van der Waals surface area contributed by atoms with Crippen molar-refractivity contribution in [1.29, 1.82) is 0 Å². The predicted molar refractivity (Wildman–Crippen MR) is 97.7 cm³/mol. The molecule has 10 heteroatoms. The highest BCUT2D eigenvalue weighted by atomic mass is 32.2. The van der Waals surface area contributed by atoms with Crippen molar-refractivity contribution in [2.75, 3.05) is 23.1 Å². The van der Waals surface area contributed by atoms with Crippen molar-refractivity contribution in [1.82, 2.24) is 15.3 Å². The number of nitrogens with zero attached hydrogens (tertiary/aromatic N) is 3. The summed E-state index contributed by atoms with van der Waals surface area (Å²) in [6, 6.07) is 7.54. The maximum atomic E-state index is 12.5. The molecule has 1 aromatic heterocycles. The van der Waals surface area contributed by atoms with E-state index in [0.29, 0.717) is 30.2 Å². The Labute approximate surface area is 151 Å². The lowest BCUT2D eigenvalue weighted by atomic mass is 10.3. The molecule has 136 valence electrons. The monoisotopic (exact) mass is 374 g/mol. The molecule has 0 unspecified atom stereocenters. The molecule has 3 N–H and O–H groups in total. The van der Waals surface area contributed by atoms with Crippen LogP contribution in [0.2, 0.25) is 0 Å². The van der Waals surface area contributed by atoms with E-state index < -0.39 is 10.0 Å². The Morgan fingerprint density at radius 2 is 1.77 bits per heavy atom. The van der Waals surface area contributed by atoms with Gasteiger partial charge in [0.05, 0.1) is 11.4 Å². The number of benzene rings is 1. The van der Waals surface area contributed by atoms with E-state index in [0.717, 1.165) is 0 Å². The van der Waals surface area contributed by atoms with E-state index in [1.807, 2.05) is 0 Å². The molecule has 0 saturated heterocycles. The topological polar surface area (TPSA) is 125 Å². The largest absolute Gasteiger partial charge is 0.364 e. The fourth-order valence-electron chi connectivity index (χ4n) is 2.41. The lowest BCUT2D eigenvalue weighted by Gasteiger charge is -2.09. The van der Waals surface area contributed by atoms with Gasteiger partial charge in [0.1, 0.15) is 0 Å². The normalized spacial score (nSPS) is 13.7. The van der Waals surface area contributed by atoms with Crippen LogP contribution in [0.15, 0.2) is 40.2 Å². The number of hydrogen-bond donors (Lipinski definition) is 3. The first-order valence-corrected chi connectivity index (χ1v) is 9.37. The van der Waals surface area contributed by atoms with E-state index in [1.165, 1.54) is 24.3 Å². The van der Waals surface area contributed by atoms with Crippen LogP contribution < -0.4 is 15.4 Å². The zero-order chi connectivity index (χ0) is 18.7. The standard InChI is InChI=1S/C16H18N6O3S/c1-10-9-11(2)20-16(19-10)22-26(24,25)13-5-3-12(4-6-13)21-15(23)14-17-7-8-18-14/h3-6,9H,7-8H2,1-2H3,(H,17,18)(H,21,23)(H,19,20,22). The fourth-order valence-corrected chi connectivity index (χ4v) is 3.35. The number of nitrogens with one attached hydrogen (secondary N) is 3. The highest BCUT2D eigenvalue weighted by Gasteiger charge is 2.18. The first-order chi connectivity index (χ1) is 12.3. The van der Waals surface area contributed by atoms with Gasteiger partial charge in [-0.1, -0.05) is 0 Å². The average Bonchev–Trinajstić information content (AvgIpc) is 3.08. The summed E-state index contributed by atoms with van der Waals surface area (Å²) in [5, 5.41) is 5.52. The van der Waals surface area contributed by atoms with Crippen molar-refractivity contribution >= 4 is 33.4 Å². The van der Waals surface area contributed by atoms with Crippen LogP contribution in [-0.4, -0.2) is 43.2 Å². The molecule has 2 aromatic rings. The number of amidine groups is 1. The summed E-state index contributed by atoms with van der Waals surface area (Å²) >= 11 is 0. The maximum Gasteiger partial charge on any atom is 0.290 e. The van der Waals surface area contributed by atoms with Gasteiger partial charge < -0.3 is 10.6 Å². The number of hydrogen-bond acceptors (Lipinski definition) is 7. The van der Waals surface area contributed by atoms with Gasteiger partial charge in [-0.05, 0) is 44.2 Å². The van der Waals surface area contributed by atoms with E-state index in [1.54, 1.807) is 19.9 Å². The van der Waals surface area contributed by atoms with Gasteiger partial charge in [-0.3, -0.25) is 9.79 Å². The van der Waals surface area contributed by atoms with Crippen molar-refractivity contribution in [3.63, 3.8) is 0 Å². The molecule has 0 saturated carbocycles. The number of anilines is 2.